The van der Waals surface area contributed by atoms with Crippen molar-refractivity contribution in [2.45, 2.75) is 52.2 Å². The molecule has 0 spiro atoms. The Morgan fingerprint density at radius 3 is 2.75 bits per heavy atom. The maximum absolute atomic E-state index is 12.2. The number of fused-ring (bicyclic) bond motifs is 1. The lowest BCUT2D eigenvalue weighted by molar-refractivity contribution is -0.210. The van der Waals surface area contributed by atoms with Gasteiger partial charge in [-0.2, -0.15) is 0 Å². The van der Waals surface area contributed by atoms with Gasteiger partial charge in [-0.25, -0.2) is 17.9 Å². The standard InChI is InChI=1S/C16H23NO6S/c1-5-8-24(19,20)17-14-10-16(3,4)21-15-7-6-12(9-13(14)15)23-22-11(2)18/h6-7,9,14,17H,5,8,10H2,1-4H3. The molecular formula is C16H23NO6S. The molecule has 1 aromatic rings. The molecule has 1 aromatic carbocycles. The highest BCUT2D eigenvalue weighted by Gasteiger charge is 2.36. The molecule has 2 rings (SSSR count). The fraction of sp³-hybridized carbons (Fsp3) is 0.562. The fourth-order valence-electron chi connectivity index (χ4n) is 2.64. The largest absolute Gasteiger partial charge is 0.487 e. The Hall–Kier alpha value is -1.80. The van der Waals surface area contributed by atoms with E-state index in [9.17, 15) is 13.2 Å². The molecule has 0 saturated heterocycles. The number of carbonyl (C=O) groups is 1. The molecular weight excluding hydrogens is 334 g/mol. The van der Waals surface area contributed by atoms with Crippen molar-refractivity contribution >= 4 is 16.0 Å². The molecule has 0 aromatic heterocycles. The van der Waals surface area contributed by atoms with Crippen molar-refractivity contribution in [2.24, 2.45) is 0 Å². The van der Waals surface area contributed by atoms with Gasteiger partial charge in [-0.05, 0) is 38.5 Å². The lowest BCUT2D eigenvalue weighted by atomic mass is 9.90. The van der Waals surface area contributed by atoms with Crippen molar-refractivity contribution in [3.63, 3.8) is 0 Å². The van der Waals surface area contributed by atoms with Gasteiger partial charge in [-0.1, -0.05) is 6.92 Å². The van der Waals surface area contributed by atoms with Crippen molar-refractivity contribution in [1.29, 1.82) is 0 Å². The number of nitrogens with one attached hydrogen (secondary N) is 1. The molecule has 0 aliphatic carbocycles. The lowest BCUT2D eigenvalue weighted by Crippen LogP contribution is -2.41. The second-order valence-electron chi connectivity index (χ2n) is 6.41. The van der Waals surface area contributed by atoms with E-state index in [4.69, 9.17) is 9.62 Å². The van der Waals surface area contributed by atoms with Crippen molar-refractivity contribution in [3.8, 4) is 11.5 Å². The molecule has 1 unspecified atom stereocenters. The number of carbonyl (C=O) groups excluding carboxylic acids is 1. The van der Waals surface area contributed by atoms with Gasteiger partial charge in [0.05, 0.1) is 11.8 Å². The Bertz CT molecular complexity index is 713. The highest BCUT2D eigenvalue weighted by atomic mass is 32.2. The predicted octanol–water partition coefficient (Wildman–Crippen LogP) is 2.48. The smallest absolute Gasteiger partial charge is 0.352 e. The molecule has 8 heteroatoms. The topological polar surface area (TPSA) is 90.9 Å². The third kappa shape index (κ3) is 4.85. The molecule has 1 heterocycles. The van der Waals surface area contributed by atoms with Gasteiger partial charge in [-0.3, -0.25) is 9.78 Å². The molecule has 0 saturated carbocycles. The van der Waals surface area contributed by atoms with Crippen molar-refractivity contribution < 1.29 is 27.7 Å². The minimum absolute atomic E-state index is 0.0593. The summed E-state index contributed by atoms with van der Waals surface area (Å²) >= 11 is 0. The van der Waals surface area contributed by atoms with Crippen LogP contribution in [0.1, 0.15) is 52.1 Å². The van der Waals surface area contributed by atoms with E-state index in [0.717, 1.165) is 0 Å². The van der Waals surface area contributed by atoms with Crippen LogP contribution in [-0.4, -0.2) is 25.7 Å². The third-order valence-corrected chi connectivity index (χ3v) is 5.08. The Morgan fingerprint density at radius 1 is 1.42 bits per heavy atom. The van der Waals surface area contributed by atoms with Gasteiger partial charge in [0.15, 0.2) is 5.75 Å². The van der Waals surface area contributed by atoms with Crippen LogP contribution >= 0.6 is 0 Å². The highest BCUT2D eigenvalue weighted by molar-refractivity contribution is 7.89. The summed E-state index contributed by atoms with van der Waals surface area (Å²) < 4.78 is 33.0. The van der Waals surface area contributed by atoms with E-state index in [-0.39, 0.29) is 5.75 Å². The molecule has 24 heavy (non-hydrogen) atoms. The first-order valence-corrected chi connectivity index (χ1v) is 9.45. The van der Waals surface area contributed by atoms with Crippen LogP contribution in [-0.2, 0) is 19.7 Å². The summed E-state index contributed by atoms with van der Waals surface area (Å²) in [6.45, 7) is 6.85. The first kappa shape index (κ1) is 18.5. The van der Waals surface area contributed by atoms with Crippen LogP contribution < -0.4 is 14.3 Å². The monoisotopic (exact) mass is 357 g/mol. The summed E-state index contributed by atoms with van der Waals surface area (Å²) in [6, 6.07) is 4.45. The van der Waals surface area contributed by atoms with Gasteiger partial charge in [0.1, 0.15) is 11.4 Å². The Balaban J connectivity index is 2.32. The number of hydrogen-bond donors (Lipinski definition) is 1. The second-order valence-corrected chi connectivity index (χ2v) is 8.29. The van der Waals surface area contributed by atoms with E-state index < -0.39 is 27.6 Å². The number of sulfonamides is 1. The molecule has 1 N–H and O–H groups in total. The van der Waals surface area contributed by atoms with Crippen LogP contribution in [0.5, 0.6) is 11.5 Å². The van der Waals surface area contributed by atoms with Crippen LogP contribution in [0.15, 0.2) is 18.2 Å². The Kier molecular flexibility index (Phi) is 5.39. The van der Waals surface area contributed by atoms with Gasteiger partial charge in [0, 0.05) is 18.9 Å². The van der Waals surface area contributed by atoms with E-state index in [1.165, 1.54) is 6.92 Å². The average Bonchev–Trinajstić information content (AvgIpc) is 2.43. The molecule has 1 aliphatic rings. The molecule has 0 amide bonds. The highest BCUT2D eigenvalue weighted by Crippen LogP contribution is 2.41. The predicted molar refractivity (Wildman–Crippen MR) is 88.1 cm³/mol. The van der Waals surface area contributed by atoms with E-state index in [1.807, 2.05) is 20.8 Å². The van der Waals surface area contributed by atoms with Gasteiger partial charge >= 0.3 is 5.97 Å². The fourth-order valence-corrected chi connectivity index (χ4v) is 3.94. The SMILES string of the molecule is CCCS(=O)(=O)NC1CC(C)(C)Oc2ccc(OOC(C)=O)cc21. The zero-order valence-corrected chi connectivity index (χ0v) is 15.1. The minimum atomic E-state index is -3.39. The van der Waals surface area contributed by atoms with Crippen LogP contribution in [0.25, 0.3) is 0 Å². The van der Waals surface area contributed by atoms with Crippen molar-refractivity contribution in [3.05, 3.63) is 23.8 Å². The van der Waals surface area contributed by atoms with Crippen molar-refractivity contribution in [2.75, 3.05) is 5.75 Å². The summed E-state index contributed by atoms with van der Waals surface area (Å²) in [5, 5.41) is 0. The second kappa shape index (κ2) is 6.98. The zero-order valence-electron chi connectivity index (χ0n) is 14.3. The van der Waals surface area contributed by atoms with Gasteiger partial charge < -0.3 is 4.74 Å². The van der Waals surface area contributed by atoms with E-state index in [2.05, 4.69) is 9.61 Å². The molecule has 1 aliphatic heterocycles. The number of hydrogen-bond acceptors (Lipinski definition) is 6. The normalized spacial score (nSPS) is 19.1. The summed E-state index contributed by atoms with van der Waals surface area (Å²) in [7, 11) is -3.39. The molecule has 0 fully saturated rings. The average molecular weight is 357 g/mol. The number of ether oxygens (including phenoxy) is 1. The summed E-state index contributed by atoms with van der Waals surface area (Å²) in [5.74, 6) is 0.354. The molecule has 0 radical (unpaired) electrons. The molecule has 1 atom stereocenters. The van der Waals surface area contributed by atoms with Crippen LogP contribution in [0.3, 0.4) is 0 Å². The first-order valence-electron chi connectivity index (χ1n) is 7.80. The van der Waals surface area contributed by atoms with E-state index >= 15 is 0 Å². The first-order chi connectivity index (χ1) is 11.1. The molecule has 134 valence electrons. The third-order valence-electron chi connectivity index (χ3n) is 3.49. The summed E-state index contributed by atoms with van der Waals surface area (Å²) in [5.41, 5.74) is 0.142. The summed E-state index contributed by atoms with van der Waals surface area (Å²) in [6.07, 6.45) is 1.00. The minimum Gasteiger partial charge on any atom is -0.487 e. The quantitative estimate of drug-likeness (QED) is 0.621. The van der Waals surface area contributed by atoms with E-state index in [0.29, 0.717) is 29.9 Å². The molecule has 0 bridgehead atoms. The Labute approximate surface area is 142 Å². The van der Waals surface area contributed by atoms with Crippen LogP contribution in [0, 0.1) is 0 Å². The lowest BCUT2D eigenvalue weighted by Gasteiger charge is -2.37. The van der Waals surface area contributed by atoms with Gasteiger partial charge in [-0.15, -0.1) is 0 Å². The Morgan fingerprint density at radius 2 is 2.12 bits per heavy atom. The van der Waals surface area contributed by atoms with Crippen LogP contribution in [0.4, 0.5) is 0 Å². The van der Waals surface area contributed by atoms with Crippen LogP contribution in [0.2, 0.25) is 0 Å². The maximum atomic E-state index is 12.2. The van der Waals surface area contributed by atoms with Crippen molar-refractivity contribution in [1.82, 2.24) is 4.72 Å². The van der Waals surface area contributed by atoms with E-state index in [1.54, 1.807) is 18.2 Å². The van der Waals surface area contributed by atoms with Gasteiger partial charge in [0.25, 0.3) is 0 Å². The van der Waals surface area contributed by atoms with Gasteiger partial charge in [0.2, 0.25) is 10.0 Å². The number of rotatable bonds is 6. The summed E-state index contributed by atoms with van der Waals surface area (Å²) in [4.78, 5) is 20.3. The zero-order chi connectivity index (χ0) is 18.0. The molecule has 7 nitrogen and oxygen atoms in total. The number of benzene rings is 1. The maximum Gasteiger partial charge on any atom is 0.352 e.